The predicted molar refractivity (Wildman–Crippen MR) is 109 cm³/mol. The van der Waals surface area contributed by atoms with Gasteiger partial charge in [0.25, 0.3) is 0 Å². The first-order valence-corrected chi connectivity index (χ1v) is 9.38. The summed E-state index contributed by atoms with van der Waals surface area (Å²) in [7, 11) is 0. The lowest BCUT2D eigenvalue weighted by Crippen LogP contribution is -2.12. The van der Waals surface area contributed by atoms with Gasteiger partial charge in [-0.1, -0.05) is 43.3 Å². The SMILES string of the molecule is CCc1c(C2CC2c2ccccc2)oc2ccc(C=C=CC(=O)O)cc2c1=O. The molecule has 0 saturated heterocycles. The standard InChI is InChI=1S/C24H20O4/c1-2-17-23(27)20-13-15(7-6-10-22(25)26)11-12-21(20)28-24(17)19-14-18(19)16-8-4-3-5-9-16/h3-5,7-13,18-19H,2,14H2,1H3,(H,25,26). The lowest BCUT2D eigenvalue weighted by atomic mass is 10.0. The number of rotatable bonds is 5. The summed E-state index contributed by atoms with van der Waals surface area (Å²) < 4.78 is 6.20. The molecule has 1 aromatic heterocycles. The van der Waals surface area contributed by atoms with Gasteiger partial charge in [-0.2, -0.15) is 0 Å². The molecule has 1 heterocycles. The molecule has 1 aliphatic carbocycles. The van der Waals surface area contributed by atoms with Gasteiger partial charge in [-0.25, -0.2) is 4.79 Å². The summed E-state index contributed by atoms with van der Waals surface area (Å²) in [6.45, 7) is 1.97. The topological polar surface area (TPSA) is 67.5 Å². The van der Waals surface area contributed by atoms with Crippen molar-refractivity contribution >= 4 is 23.0 Å². The zero-order chi connectivity index (χ0) is 19.7. The van der Waals surface area contributed by atoms with Gasteiger partial charge in [0.1, 0.15) is 11.3 Å². The average molecular weight is 372 g/mol. The molecular weight excluding hydrogens is 352 g/mol. The van der Waals surface area contributed by atoms with Crippen molar-refractivity contribution in [3.63, 3.8) is 0 Å². The third-order valence-electron chi connectivity index (χ3n) is 5.20. The fourth-order valence-electron chi connectivity index (χ4n) is 3.76. The van der Waals surface area contributed by atoms with E-state index in [0.717, 1.165) is 23.8 Å². The van der Waals surface area contributed by atoms with E-state index in [1.54, 1.807) is 24.3 Å². The van der Waals surface area contributed by atoms with E-state index in [9.17, 15) is 9.59 Å². The van der Waals surface area contributed by atoms with Crippen LogP contribution in [0.5, 0.6) is 0 Å². The Balaban J connectivity index is 1.75. The van der Waals surface area contributed by atoms with Gasteiger partial charge in [-0.3, -0.25) is 4.79 Å². The number of carbonyl (C=O) groups is 1. The van der Waals surface area contributed by atoms with Crippen LogP contribution in [0.2, 0.25) is 0 Å². The van der Waals surface area contributed by atoms with Gasteiger partial charge < -0.3 is 9.52 Å². The second-order valence-corrected chi connectivity index (χ2v) is 7.04. The van der Waals surface area contributed by atoms with Crippen molar-refractivity contribution in [2.24, 2.45) is 0 Å². The summed E-state index contributed by atoms with van der Waals surface area (Å²) in [6, 6.07) is 15.6. The number of hydrogen-bond acceptors (Lipinski definition) is 3. The third-order valence-corrected chi connectivity index (χ3v) is 5.20. The van der Waals surface area contributed by atoms with Gasteiger partial charge in [0.05, 0.1) is 11.5 Å². The molecule has 4 heteroatoms. The van der Waals surface area contributed by atoms with Gasteiger partial charge in [-0.15, -0.1) is 5.73 Å². The summed E-state index contributed by atoms with van der Waals surface area (Å²) in [5.41, 5.74) is 5.88. The molecule has 2 aromatic carbocycles. The maximum atomic E-state index is 13.1. The summed E-state index contributed by atoms with van der Waals surface area (Å²) >= 11 is 0. The Bertz CT molecular complexity index is 1160. The summed E-state index contributed by atoms with van der Waals surface area (Å²) in [6.07, 6.45) is 4.08. The van der Waals surface area contributed by atoms with Crippen LogP contribution in [-0.2, 0) is 11.2 Å². The van der Waals surface area contributed by atoms with Gasteiger partial charge >= 0.3 is 5.97 Å². The number of hydrogen-bond donors (Lipinski definition) is 1. The smallest absolute Gasteiger partial charge is 0.336 e. The van der Waals surface area contributed by atoms with Crippen LogP contribution < -0.4 is 5.43 Å². The minimum Gasteiger partial charge on any atom is -0.478 e. The molecule has 0 radical (unpaired) electrons. The fourth-order valence-corrected chi connectivity index (χ4v) is 3.76. The largest absolute Gasteiger partial charge is 0.478 e. The maximum absolute atomic E-state index is 13.1. The van der Waals surface area contributed by atoms with Crippen LogP contribution in [0.25, 0.3) is 17.0 Å². The zero-order valence-electron chi connectivity index (χ0n) is 15.5. The van der Waals surface area contributed by atoms with E-state index in [4.69, 9.17) is 9.52 Å². The highest BCUT2D eigenvalue weighted by Gasteiger charge is 2.43. The van der Waals surface area contributed by atoms with Crippen LogP contribution in [0, 0.1) is 0 Å². The zero-order valence-corrected chi connectivity index (χ0v) is 15.5. The first-order valence-electron chi connectivity index (χ1n) is 9.38. The molecule has 4 rings (SSSR count). The highest BCUT2D eigenvalue weighted by atomic mass is 16.4. The monoisotopic (exact) mass is 372 g/mol. The van der Waals surface area contributed by atoms with Crippen LogP contribution in [0.3, 0.4) is 0 Å². The lowest BCUT2D eigenvalue weighted by Gasteiger charge is -2.09. The highest BCUT2D eigenvalue weighted by Crippen LogP contribution is 2.55. The van der Waals surface area contributed by atoms with E-state index >= 15 is 0 Å². The van der Waals surface area contributed by atoms with Crippen LogP contribution in [0.4, 0.5) is 0 Å². The molecule has 1 saturated carbocycles. The Morgan fingerprint density at radius 1 is 1.21 bits per heavy atom. The Hall–Kier alpha value is -3.36. The molecule has 0 amide bonds. The van der Waals surface area contributed by atoms with Crippen molar-refractivity contribution in [3.05, 3.63) is 93.0 Å². The Labute approximate surface area is 162 Å². The molecule has 1 aliphatic rings. The van der Waals surface area contributed by atoms with Gasteiger partial charge in [0.2, 0.25) is 0 Å². The highest BCUT2D eigenvalue weighted by molar-refractivity contribution is 5.82. The van der Waals surface area contributed by atoms with Crippen molar-refractivity contribution in [2.45, 2.75) is 31.6 Å². The number of carboxylic acids is 1. The quantitative estimate of drug-likeness (QED) is 0.512. The molecule has 2 atom stereocenters. The van der Waals surface area contributed by atoms with Crippen molar-refractivity contribution in [2.75, 3.05) is 0 Å². The first-order chi connectivity index (χ1) is 13.6. The molecule has 1 N–H and O–H groups in total. The van der Waals surface area contributed by atoms with Crippen LogP contribution in [0.1, 0.15) is 47.6 Å². The summed E-state index contributed by atoms with van der Waals surface area (Å²) in [5.74, 6) is 0.387. The summed E-state index contributed by atoms with van der Waals surface area (Å²) in [5, 5.41) is 9.18. The molecular formula is C24H20O4. The van der Waals surface area contributed by atoms with Gasteiger partial charge in [0.15, 0.2) is 5.43 Å². The van der Waals surface area contributed by atoms with Gasteiger partial charge in [-0.05, 0) is 48.1 Å². The fraction of sp³-hybridized carbons (Fsp3) is 0.208. The minimum atomic E-state index is -1.06. The second-order valence-electron chi connectivity index (χ2n) is 7.04. The number of carboxylic acid groups (broad SMARTS) is 1. The predicted octanol–water partition coefficient (Wildman–Crippen LogP) is 4.88. The van der Waals surface area contributed by atoms with E-state index < -0.39 is 5.97 Å². The normalized spacial score (nSPS) is 17.8. The minimum absolute atomic E-state index is 0.00470. The van der Waals surface area contributed by atoms with E-state index in [1.807, 2.05) is 25.1 Å². The number of fused-ring (bicyclic) bond motifs is 1. The number of aliphatic carboxylic acids is 1. The number of benzene rings is 2. The van der Waals surface area contributed by atoms with Crippen molar-refractivity contribution in [1.29, 1.82) is 0 Å². The summed E-state index contributed by atoms with van der Waals surface area (Å²) in [4.78, 5) is 23.7. The van der Waals surface area contributed by atoms with Crippen LogP contribution in [0.15, 0.2) is 69.5 Å². The van der Waals surface area contributed by atoms with E-state index in [-0.39, 0.29) is 11.3 Å². The van der Waals surface area contributed by atoms with Gasteiger partial charge in [0, 0.05) is 11.5 Å². The Morgan fingerprint density at radius 2 is 2.00 bits per heavy atom. The van der Waals surface area contributed by atoms with E-state index in [2.05, 4.69) is 17.9 Å². The van der Waals surface area contributed by atoms with E-state index in [1.165, 1.54) is 5.56 Å². The maximum Gasteiger partial charge on any atom is 0.336 e. The van der Waals surface area contributed by atoms with Crippen LogP contribution in [-0.4, -0.2) is 11.1 Å². The molecule has 3 aromatic rings. The first kappa shape index (κ1) is 18.0. The second kappa shape index (κ2) is 7.34. The Morgan fingerprint density at radius 3 is 2.71 bits per heavy atom. The third kappa shape index (κ3) is 3.42. The molecule has 2 unspecified atom stereocenters. The molecule has 4 nitrogen and oxygen atoms in total. The molecule has 0 bridgehead atoms. The average Bonchev–Trinajstić information content (AvgIpc) is 3.49. The Kier molecular flexibility index (Phi) is 4.72. The van der Waals surface area contributed by atoms with Crippen molar-refractivity contribution in [3.8, 4) is 0 Å². The molecule has 0 spiro atoms. The molecule has 0 aliphatic heterocycles. The van der Waals surface area contributed by atoms with Crippen LogP contribution >= 0.6 is 0 Å². The lowest BCUT2D eigenvalue weighted by molar-refractivity contribution is -0.131. The van der Waals surface area contributed by atoms with Crippen molar-refractivity contribution < 1.29 is 14.3 Å². The molecule has 1 fully saturated rings. The van der Waals surface area contributed by atoms with Crippen molar-refractivity contribution in [1.82, 2.24) is 0 Å². The molecule has 140 valence electrons. The van der Waals surface area contributed by atoms with E-state index in [0.29, 0.717) is 28.9 Å². The molecule has 28 heavy (non-hydrogen) atoms.